The number of ether oxygens (including phenoxy) is 2. The Kier molecular flexibility index (Phi) is 7.46. The molecule has 0 bridgehead atoms. The molecule has 0 aromatic heterocycles. The zero-order chi connectivity index (χ0) is 22.4. The van der Waals surface area contributed by atoms with E-state index in [2.05, 4.69) is 28.2 Å². The fourth-order valence-corrected chi connectivity index (χ4v) is 3.24. The summed E-state index contributed by atoms with van der Waals surface area (Å²) < 4.78 is 12.2. The van der Waals surface area contributed by atoms with E-state index in [1.807, 2.05) is 6.92 Å². The summed E-state index contributed by atoms with van der Waals surface area (Å²) in [6, 6.07) is 11.0. The molecule has 1 heterocycles. The third kappa shape index (κ3) is 5.32. The van der Waals surface area contributed by atoms with E-state index in [9.17, 15) is 14.4 Å². The smallest absolute Gasteiger partial charge is 0.335 e. The summed E-state index contributed by atoms with van der Waals surface area (Å²) in [5.74, 6) is -0.317. The second-order valence-electron chi connectivity index (χ2n) is 6.78. The second-order valence-corrected chi connectivity index (χ2v) is 7.69. The summed E-state index contributed by atoms with van der Waals surface area (Å²) in [6.07, 6.45) is 3.37. The van der Waals surface area contributed by atoms with Crippen LogP contribution in [0.3, 0.4) is 0 Å². The molecule has 0 spiro atoms. The Labute approximate surface area is 189 Å². The van der Waals surface area contributed by atoms with E-state index in [1.165, 1.54) is 6.08 Å². The summed E-state index contributed by atoms with van der Waals surface area (Å²) >= 11 is 3.32. The second kappa shape index (κ2) is 10.3. The highest BCUT2D eigenvalue weighted by molar-refractivity contribution is 9.10. The van der Waals surface area contributed by atoms with Crippen LogP contribution in [0, 0.1) is 0 Å². The third-order valence-corrected chi connectivity index (χ3v) is 5.05. The maximum absolute atomic E-state index is 13.0. The van der Waals surface area contributed by atoms with Crippen LogP contribution in [0.15, 0.2) is 52.5 Å². The first-order valence-corrected chi connectivity index (χ1v) is 10.8. The van der Waals surface area contributed by atoms with Crippen LogP contribution in [0.25, 0.3) is 6.08 Å². The molecule has 1 aliphatic heterocycles. The number of anilines is 1. The molecule has 1 aliphatic rings. The molecule has 0 atom stereocenters. The number of hydrogen-bond donors (Lipinski definition) is 1. The van der Waals surface area contributed by atoms with Gasteiger partial charge in [0.2, 0.25) is 0 Å². The van der Waals surface area contributed by atoms with Gasteiger partial charge in [-0.15, -0.1) is 0 Å². The number of benzene rings is 2. The Morgan fingerprint density at radius 2 is 1.74 bits per heavy atom. The molecule has 0 unspecified atom stereocenters. The number of nitrogens with zero attached hydrogens (tertiary/aromatic N) is 1. The van der Waals surface area contributed by atoms with E-state index in [0.29, 0.717) is 36.0 Å². The van der Waals surface area contributed by atoms with Crippen molar-refractivity contribution in [2.45, 2.75) is 26.7 Å². The summed E-state index contributed by atoms with van der Waals surface area (Å²) in [6.45, 7) is 4.95. The first-order chi connectivity index (χ1) is 14.9. The molecular weight excluding hydrogens is 464 g/mol. The van der Waals surface area contributed by atoms with Crippen LogP contribution in [0.1, 0.15) is 32.3 Å². The highest BCUT2D eigenvalue weighted by Gasteiger charge is 2.36. The molecule has 3 rings (SSSR count). The number of unbranched alkanes of at least 4 members (excludes halogenated alkanes) is 1. The van der Waals surface area contributed by atoms with Crippen molar-refractivity contribution in [1.29, 1.82) is 0 Å². The van der Waals surface area contributed by atoms with Gasteiger partial charge in [-0.1, -0.05) is 35.3 Å². The Hall–Kier alpha value is -3.13. The molecule has 2 aromatic rings. The lowest BCUT2D eigenvalue weighted by Crippen LogP contribution is -2.54. The maximum atomic E-state index is 13.0. The number of rotatable bonds is 8. The van der Waals surface area contributed by atoms with Crippen molar-refractivity contribution in [2.24, 2.45) is 0 Å². The Balaban J connectivity index is 1.92. The van der Waals surface area contributed by atoms with Crippen molar-refractivity contribution in [1.82, 2.24) is 5.32 Å². The van der Waals surface area contributed by atoms with Crippen molar-refractivity contribution in [2.75, 3.05) is 18.1 Å². The summed E-state index contributed by atoms with van der Waals surface area (Å²) in [5.41, 5.74) is 0.790. The number of urea groups is 1. The van der Waals surface area contributed by atoms with Gasteiger partial charge in [0.1, 0.15) is 5.57 Å². The van der Waals surface area contributed by atoms with Crippen molar-refractivity contribution in [3.63, 3.8) is 0 Å². The molecule has 4 amide bonds. The molecule has 0 aliphatic carbocycles. The fraction of sp³-hybridized carbons (Fsp3) is 0.261. The lowest BCUT2D eigenvalue weighted by molar-refractivity contribution is -0.122. The Morgan fingerprint density at radius 1 is 1.00 bits per heavy atom. The Bertz CT molecular complexity index is 1020. The van der Waals surface area contributed by atoms with Crippen LogP contribution >= 0.6 is 15.9 Å². The van der Waals surface area contributed by atoms with Gasteiger partial charge in [0, 0.05) is 4.47 Å². The topological polar surface area (TPSA) is 84.9 Å². The van der Waals surface area contributed by atoms with E-state index in [1.54, 1.807) is 42.5 Å². The quantitative estimate of drug-likeness (QED) is 0.332. The van der Waals surface area contributed by atoms with E-state index in [-0.39, 0.29) is 5.57 Å². The number of amides is 4. The molecule has 2 aromatic carbocycles. The molecule has 1 fully saturated rings. The number of imide groups is 2. The van der Waals surface area contributed by atoms with Gasteiger partial charge < -0.3 is 9.47 Å². The molecule has 8 heteroatoms. The SMILES string of the molecule is CCCCOc1ccc(C=C2C(=O)NC(=O)N(c3ccc(Br)cc3)C2=O)cc1OCC. The monoisotopic (exact) mass is 486 g/mol. The highest BCUT2D eigenvalue weighted by atomic mass is 79.9. The molecule has 7 nitrogen and oxygen atoms in total. The average molecular weight is 487 g/mol. The number of barbiturate groups is 1. The summed E-state index contributed by atoms with van der Waals surface area (Å²) in [5, 5.41) is 2.22. The van der Waals surface area contributed by atoms with Gasteiger partial charge in [0.25, 0.3) is 11.8 Å². The minimum absolute atomic E-state index is 0.149. The zero-order valence-corrected chi connectivity index (χ0v) is 18.9. The molecule has 162 valence electrons. The minimum Gasteiger partial charge on any atom is -0.490 e. The largest absolute Gasteiger partial charge is 0.490 e. The molecule has 0 saturated carbocycles. The Morgan fingerprint density at radius 3 is 2.42 bits per heavy atom. The van der Waals surface area contributed by atoms with Gasteiger partial charge in [0.15, 0.2) is 11.5 Å². The minimum atomic E-state index is -0.788. The molecule has 0 radical (unpaired) electrons. The number of carbonyl (C=O) groups is 3. The van der Waals surface area contributed by atoms with E-state index >= 15 is 0 Å². The van der Waals surface area contributed by atoms with Crippen molar-refractivity contribution in [3.8, 4) is 11.5 Å². The number of halogens is 1. The average Bonchev–Trinajstić information content (AvgIpc) is 2.74. The number of carbonyl (C=O) groups excluding carboxylic acids is 3. The van der Waals surface area contributed by atoms with Crippen LogP contribution in [-0.4, -0.2) is 31.1 Å². The summed E-state index contributed by atoms with van der Waals surface area (Å²) in [4.78, 5) is 38.6. The van der Waals surface area contributed by atoms with Crippen LogP contribution in [0.2, 0.25) is 0 Å². The van der Waals surface area contributed by atoms with Gasteiger partial charge in [-0.2, -0.15) is 0 Å². The van der Waals surface area contributed by atoms with E-state index in [0.717, 1.165) is 22.2 Å². The lowest BCUT2D eigenvalue weighted by Gasteiger charge is -2.26. The first kappa shape index (κ1) is 22.6. The molecule has 1 saturated heterocycles. The first-order valence-electron chi connectivity index (χ1n) is 10.0. The third-order valence-electron chi connectivity index (χ3n) is 4.52. The maximum Gasteiger partial charge on any atom is 0.335 e. The predicted molar refractivity (Wildman–Crippen MR) is 121 cm³/mol. The predicted octanol–water partition coefficient (Wildman–Crippen LogP) is 4.69. The highest BCUT2D eigenvalue weighted by Crippen LogP contribution is 2.30. The standard InChI is InChI=1S/C23H23BrN2O5/c1-3-5-12-31-19-11-6-15(14-20(19)30-4-2)13-18-21(27)25-23(29)26(22(18)28)17-9-7-16(24)8-10-17/h6-11,13-14H,3-5,12H2,1-2H3,(H,25,27,29). The van der Waals surface area contributed by atoms with Crippen molar-refractivity contribution in [3.05, 3.63) is 58.1 Å². The van der Waals surface area contributed by atoms with Crippen molar-refractivity contribution >= 4 is 45.5 Å². The van der Waals surface area contributed by atoms with E-state index in [4.69, 9.17) is 9.47 Å². The molecule has 1 N–H and O–H groups in total. The molecule has 31 heavy (non-hydrogen) atoms. The van der Waals surface area contributed by atoms with Crippen molar-refractivity contribution < 1.29 is 23.9 Å². The van der Waals surface area contributed by atoms with Crippen LogP contribution in [-0.2, 0) is 9.59 Å². The number of nitrogens with one attached hydrogen (secondary N) is 1. The van der Waals surface area contributed by atoms with Gasteiger partial charge in [-0.3, -0.25) is 14.9 Å². The lowest BCUT2D eigenvalue weighted by atomic mass is 10.1. The van der Waals surface area contributed by atoms with E-state index < -0.39 is 17.8 Å². The summed E-state index contributed by atoms with van der Waals surface area (Å²) in [7, 11) is 0. The zero-order valence-electron chi connectivity index (χ0n) is 17.3. The normalized spacial score (nSPS) is 15.3. The van der Waals surface area contributed by atoms with Gasteiger partial charge in [-0.25, -0.2) is 9.69 Å². The van der Waals surface area contributed by atoms with Gasteiger partial charge in [0.05, 0.1) is 18.9 Å². The van der Waals surface area contributed by atoms with Gasteiger partial charge in [-0.05, 0) is 61.4 Å². The van der Waals surface area contributed by atoms with Gasteiger partial charge >= 0.3 is 6.03 Å². The number of hydrogen-bond acceptors (Lipinski definition) is 5. The van der Waals surface area contributed by atoms with Crippen LogP contribution in [0.5, 0.6) is 11.5 Å². The molecular formula is C23H23BrN2O5. The van der Waals surface area contributed by atoms with Crippen LogP contribution in [0.4, 0.5) is 10.5 Å². The fourth-order valence-electron chi connectivity index (χ4n) is 2.98. The van der Waals surface area contributed by atoms with Crippen LogP contribution < -0.4 is 19.7 Å².